The molecular formula is C17H28N4O2. The lowest BCUT2D eigenvalue weighted by Gasteiger charge is -2.37. The average molecular weight is 320 g/mol. The van der Waals surface area contributed by atoms with Crippen molar-refractivity contribution in [2.45, 2.75) is 45.9 Å². The molecule has 0 spiro atoms. The minimum absolute atomic E-state index is 0.0997. The summed E-state index contributed by atoms with van der Waals surface area (Å²) in [4.78, 5) is 16.1. The summed E-state index contributed by atoms with van der Waals surface area (Å²) in [5.41, 5.74) is 2.59. The smallest absolute Gasteiger partial charge is 0.248 e. The number of carbonyl (C=O) groups excluding carboxylic acids is 1. The van der Waals surface area contributed by atoms with Crippen molar-refractivity contribution in [3.8, 4) is 0 Å². The molecule has 2 saturated heterocycles. The molecule has 0 radical (unpaired) electrons. The van der Waals surface area contributed by atoms with E-state index in [1.54, 1.807) is 0 Å². The van der Waals surface area contributed by atoms with Gasteiger partial charge in [0.15, 0.2) is 0 Å². The third-order valence-corrected chi connectivity index (χ3v) is 5.14. The van der Waals surface area contributed by atoms with Crippen LogP contribution in [0, 0.1) is 12.8 Å². The first-order valence-electron chi connectivity index (χ1n) is 8.67. The summed E-state index contributed by atoms with van der Waals surface area (Å²) in [5, 5.41) is 4.50. The lowest BCUT2D eigenvalue weighted by molar-refractivity contribution is -0.133. The van der Waals surface area contributed by atoms with Gasteiger partial charge >= 0.3 is 0 Å². The first-order chi connectivity index (χ1) is 11.1. The molecule has 3 heterocycles. The van der Waals surface area contributed by atoms with Crippen molar-refractivity contribution in [2.75, 3.05) is 33.3 Å². The molecule has 1 aromatic rings. The van der Waals surface area contributed by atoms with E-state index in [-0.39, 0.29) is 18.6 Å². The molecule has 23 heavy (non-hydrogen) atoms. The van der Waals surface area contributed by atoms with Crippen LogP contribution in [0.1, 0.15) is 31.0 Å². The quantitative estimate of drug-likeness (QED) is 0.839. The van der Waals surface area contributed by atoms with Gasteiger partial charge in [0, 0.05) is 56.9 Å². The first kappa shape index (κ1) is 16.5. The maximum atomic E-state index is 11.8. The number of hydrogen-bond acceptors (Lipinski definition) is 4. The number of aryl methyl sites for hydroxylation is 1. The van der Waals surface area contributed by atoms with Crippen molar-refractivity contribution in [3.05, 3.63) is 17.5 Å². The van der Waals surface area contributed by atoms with E-state index in [1.807, 2.05) is 18.1 Å². The fraction of sp³-hybridized carbons (Fsp3) is 0.765. The number of carbonyl (C=O) groups is 1. The molecule has 0 saturated carbocycles. The summed E-state index contributed by atoms with van der Waals surface area (Å²) < 4.78 is 7.91. The van der Waals surface area contributed by atoms with Gasteiger partial charge in [0.25, 0.3) is 0 Å². The minimum atomic E-state index is 0.0997. The van der Waals surface area contributed by atoms with E-state index in [9.17, 15) is 4.79 Å². The Balaban J connectivity index is 1.63. The van der Waals surface area contributed by atoms with Crippen molar-refractivity contribution >= 4 is 5.91 Å². The number of nitrogens with zero attached hydrogens (tertiary/aromatic N) is 4. The van der Waals surface area contributed by atoms with Crippen LogP contribution in [0.4, 0.5) is 0 Å². The zero-order valence-electron chi connectivity index (χ0n) is 14.5. The molecule has 1 aromatic heterocycles. The lowest BCUT2D eigenvalue weighted by Crippen LogP contribution is -2.46. The number of likely N-dealkylation sites (tertiary alicyclic amines) is 1. The van der Waals surface area contributed by atoms with Crippen molar-refractivity contribution in [1.29, 1.82) is 0 Å². The van der Waals surface area contributed by atoms with Crippen LogP contribution in [0.2, 0.25) is 0 Å². The summed E-state index contributed by atoms with van der Waals surface area (Å²) in [7, 11) is 1.88. The highest BCUT2D eigenvalue weighted by atomic mass is 16.5. The molecule has 2 atom stereocenters. The Hall–Kier alpha value is -1.40. The molecule has 2 fully saturated rings. The van der Waals surface area contributed by atoms with Crippen molar-refractivity contribution < 1.29 is 9.53 Å². The van der Waals surface area contributed by atoms with E-state index in [0.717, 1.165) is 45.6 Å². The summed E-state index contributed by atoms with van der Waals surface area (Å²) in [5.74, 6) is 0.508. The second-order valence-corrected chi connectivity index (χ2v) is 6.89. The zero-order chi connectivity index (χ0) is 16.4. The van der Waals surface area contributed by atoms with Crippen LogP contribution in [0.3, 0.4) is 0 Å². The van der Waals surface area contributed by atoms with Gasteiger partial charge in [-0.05, 0) is 19.8 Å². The van der Waals surface area contributed by atoms with E-state index >= 15 is 0 Å². The molecule has 3 rings (SSSR count). The topological polar surface area (TPSA) is 50.6 Å². The van der Waals surface area contributed by atoms with Crippen molar-refractivity contribution in [1.82, 2.24) is 19.6 Å². The highest BCUT2D eigenvalue weighted by molar-refractivity contribution is 5.77. The van der Waals surface area contributed by atoms with E-state index < -0.39 is 0 Å². The Morgan fingerprint density at radius 3 is 3.00 bits per heavy atom. The second kappa shape index (κ2) is 7.01. The summed E-state index contributed by atoms with van der Waals surface area (Å²) in [6, 6.07) is 0. The zero-order valence-corrected chi connectivity index (χ0v) is 14.5. The van der Waals surface area contributed by atoms with Gasteiger partial charge in [0.05, 0.1) is 12.3 Å². The molecule has 128 valence electrons. The highest BCUT2D eigenvalue weighted by Gasteiger charge is 2.34. The van der Waals surface area contributed by atoms with Gasteiger partial charge in [-0.15, -0.1) is 0 Å². The lowest BCUT2D eigenvalue weighted by atomic mass is 9.94. The fourth-order valence-electron chi connectivity index (χ4n) is 3.69. The molecule has 6 heteroatoms. The van der Waals surface area contributed by atoms with Crippen LogP contribution in [-0.4, -0.2) is 64.9 Å². The van der Waals surface area contributed by atoms with Crippen molar-refractivity contribution in [3.63, 3.8) is 0 Å². The van der Waals surface area contributed by atoms with Crippen LogP contribution < -0.4 is 0 Å². The number of hydrogen-bond donors (Lipinski definition) is 0. The fourth-order valence-corrected chi connectivity index (χ4v) is 3.69. The molecule has 0 N–H and O–H groups in total. The third kappa shape index (κ3) is 3.58. The first-order valence-corrected chi connectivity index (χ1v) is 8.67. The Bertz CT molecular complexity index is 557. The molecule has 0 aromatic carbocycles. The molecule has 2 aliphatic rings. The van der Waals surface area contributed by atoms with Gasteiger partial charge in [0.1, 0.15) is 6.61 Å². The highest BCUT2D eigenvalue weighted by Crippen LogP contribution is 2.25. The van der Waals surface area contributed by atoms with Gasteiger partial charge < -0.3 is 9.64 Å². The summed E-state index contributed by atoms with van der Waals surface area (Å²) in [6.07, 6.45) is 4.35. The largest absolute Gasteiger partial charge is 0.368 e. The number of aromatic nitrogens is 2. The molecule has 2 aliphatic heterocycles. The molecular weight excluding hydrogens is 292 g/mol. The molecule has 0 unspecified atom stereocenters. The molecule has 0 aliphatic carbocycles. The van der Waals surface area contributed by atoms with Crippen LogP contribution in [0.15, 0.2) is 6.20 Å². The number of rotatable bonds is 4. The number of ether oxygens (including phenoxy) is 1. The predicted molar refractivity (Wildman–Crippen MR) is 88.0 cm³/mol. The van der Waals surface area contributed by atoms with Gasteiger partial charge in [-0.3, -0.25) is 14.4 Å². The SMILES string of the molecule is CCCn1ncc(CN2CC[C@@H]3OCC(=O)N(C)C[C@H]3C2)c1C. The number of likely N-dealkylation sites (N-methyl/N-ethyl adjacent to an activating group) is 1. The van der Waals surface area contributed by atoms with Gasteiger partial charge in [0.2, 0.25) is 5.91 Å². The van der Waals surface area contributed by atoms with E-state index in [1.165, 1.54) is 11.3 Å². The standard InChI is InChI=1S/C17H28N4O2/c1-4-6-21-13(2)14(8-18-21)10-20-7-5-16-15(11-20)9-19(3)17(22)12-23-16/h8,15-16H,4-7,9-12H2,1-3H3/t15-,16-/m0/s1. The maximum absolute atomic E-state index is 11.8. The number of fused-ring (bicyclic) bond motifs is 1. The van der Waals surface area contributed by atoms with Gasteiger partial charge in [-0.1, -0.05) is 6.92 Å². The summed E-state index contributed by atoms with van der Waals surface area (Å²) >= 11 is 0. The normalized spacial score (nSPS) is 26.2. The average Bonchev–Trinajstić information content (AvgIpc) is 2.79. The Morgan fingerprint density at radius 2 is 2.22 bits per heavy atom. The number of piperidine rings is 1. The number of amides is 1. The second-order valence-electron chi connectivity index (χ2n) is 6.89. The predicted octanol–water partition coefficient (Wildman–Crippen LogP) is 1.28. The summed E-state index contributed by atoms with van der Waals surface area (Å²) in [6.45, 7) is 9.31. The van der Waals surface area contributed by atoms with Crippen LogP contribution in [0.25, 0.3) is 0 Å². The Kier molecular flexibility index (Phi) is 5.02. The van der Waals surface area contributed by atoms with E-state index in [0.29, 0.717) is 5.92 Å². The van der Waals surface area contributed by atoms with Gasteiger partial charge in [-0.25, -0.2) is 0 Å². The van der Waals surface area contributed by atoms with Crippen LogP contribution in [-0.2, 0) is 22.6 Å². The van der Waals surface area contributed by atoms with E-state index in [2.05, 4.69) is 28.5 Å². The van der Waals surface area contributed by atoms with Crippen LogP contribution in [0.5, 0.6) is 0 Å². The third-order valence-electron chi connectivity index (χ3n) is 5.14. The van der Waals surface area contributed by atoms with Crippen molar-refractivity contribution in [2.24, 2.45) is 5.92 Å². The Labute approximate surface area is 138 Å². The molecule has 0 bridgehead atoms. The van der Waals surface area contributed by atoms with E-state index in [4.69, 9.17) is 4.74 Å². The minimum Gasteiger partial charge on any atom is -0.368 e. The van der Waals surface area contributed by atoms with Gasteiger partial charge in [-0.2, -0.15) is 5.10 Å². The molecule has 6 nitrogen and oxygen atoms in total. The maximum Gasteiger partial charge on any atom is 0.248 e. The monoisotopic (exact) mass is 320 g/mol. The van der Waals surface area contributed by atoms with Crippen LogP contribution >= 0.6 is 0 Å². The Morgan fingerprint density at radius 1 is 1.39 bits per heavy atom. The molecule has 1 amide bonds.